The summed E-state index contributed by atoms with van der Waals surface area (Å²) in [6.45, 7) is 9.04. The third-order valence-electron chi connectivity index (χ3n) is 4.95. The molecule has 1 N–H and O–H groups in total. The molecule has 0 aromatic rings. The van der Waals surface area contributed by atoms with E-state index in [2.05, 4.69) is 32.2 Å². The molecule has 18 heavy (non-hydrogen) atoms. The van der Waals surface area contributed by atoms with E-state index >= 15 is 0 Å². The maximum absolute atomic E-state index is 5.34. The molecular weight excluding hydrogens is 222 g/mol. The molecule has 2 heteroatoms. The van der Waals surface area contributed by atoms with Crippen molar-refractivity contribution in [3.05, 3.63) is 11.6 Å². The molecule has 0 aromatic heterocycles. The summed E-state index contributed by atoms with van der Waals surface area (Å²) in [7, 11) is 0. The predicted molar refractivity (Wildman–Crippen MR) is 74.6 cm³/mol. The van der Waals surface area contributed by atoms with Crippen LogP contribution in [0.4, 0.5) is 0 Å². The van der Waals surface area contributed by atoms with Crippen molar-refractivity contribution < 1.29 is 4.74 Å². The molecular formula is C16H27NO. The Hall–Kier alpha value is -0.340. The van der Waals surface area contributed by atoms with Crippen LogP contribution in [0.25, 0.3) is 0 Å². The summed E-state index contributed by atoms with van der Waals surface area (Å²) < 4.78 is 5.34. The molecule has 1 spiro atoms. The van der Waals surface area contributed by atoms with Gasteiger partial charge in [-0.3, -0.25) is 0 Å². The normalized spacial score (nSPS) is 31.7. The molecule has 0 radical (unpaired) electrons. The van der Waals surface area contributed by atoms with Gasteiger partial charge in [-0.1, -0.05) is 32.4 Å². The van der Waals surface area contributed by atoms with Crippen molar-refractivity contribution >= 4 is 0 Å². The Kier molecular flexibility index (Phi) is 3.06. The predicted octanol–water partition coefficient (Wildman–Crippen LogP) is 3.28. The van der Waals surface area contributed by atoms with Gasteiger partial charge < -0.3 is 10.1 Å². The molecule has 2 aliphatic carbocycles. The lowest BCUT2D eigenvalue weighted by Gasteiger charge is -2.54. The van der Waals surface area contributed by atoms with Crippen molar-refractivity contribution in [1.82, 2.24) is 5.32 Å². The van der Waals surface area contributed by atoms with Gasteiger partial charge in [-0.25, -0.2) is 0 Å². The molecule has 2 fully saturated rings. The first-order valence-electron chi connectivity index (χ1n) is 7.52. The van der Waals surface area contributed by atoms with Crippen molar-refractivity contribution in [3.8, 4) is 0 Å². The third kappa shape index (κ3) is 2.37. The Labute approximate surface area is 111 Å². The molecule has 1 atom stereocenters. The summed E-state index contributed by atoms with van der Waals surface area (Å²) in [6.07, 6.45) is 9.15. The van der Waals surface area contributed by atoms with Crippen LogP contribution in [0.2, 0.25) is 0 Å². The summed E-state index contributed by atoms with van der Waals surface area (Å²) >= 11 is 0. The number of allylic oxidation sites excluding steroid dienone is 1. The fourth-order valence-electron chi connectivity index (χ4n) is 3.71. The van der Waals surface area contributed by atoms with Gasteiger partial charge in [-0.2, -0.15) is 0 Å². The Bertz CT molecular complexity index is 341. The summed E-state index contributed by atoms with van der Waals surface area (Å²) in [5.41, 5.74) is 2.58. The zero-order valence-electron chi connectivity index (χ0n) is 12.1. The van der Waals surface area contributed by atoms with E-state index in [1.807, 2.05) is 0 Å². The highest BCUT2D eigenvalue weighted by Gasteiger charge is 2.49. The minimum atomic E-state index is 0.350. The van der Waals surface area contributed by atoms with Crippen LogP contribution in [0.15, 0.2) is 11.6 Å². The van der Waals surface area contributed by atoms with Gasteiger partial charge in [0.25, 0.3) is 0 Å². The Morgan fingerprint density at radius 3 is 2.56 bits per heavy atom. The van der Waals surface area contributed by atoms with Gasteiger partial charge in [-0.15, -0.1) is 0 Å². The minimum absolute atomic E-state index is 0.350. The molecule has 0 aromatic carbocycles. The average molecular weight is 249 g/mol. The highest BCUT2D eigenvalue weighted by atomic mass is 16.5. The van der Waals surface area contributed by atoms with Gasteiger partial charge in [0.2, 0.25) is 0 Å². The standard InChI is InChI=1S/C16H27NO/c1-15(2,3)12-5-4-6-13(7-12)17-14-8-16(9-14)10-18-11-16/h7,13-14,17H,4-6,8-11H2,1-3H3. The van der Waals surface area contributed by atoms with Crippen LogP contribution in [0.5, 0.6) is 0 Å². The molecule has 1 heterocycles. The van der Waals surface area contributed by atoms with E-state index < -0.39 is 0 Å². The van der Waals surface area contributed by atoms with Crippen molar-refractivity contribution in [1.29, 1.82) is 0 Å². The van der Waals surface area contributed by atoms with E-state index in [9.17, 15) is 0 Å². The van der Waals surface area contributed by atoms with Crippen LogP contribution in [0.1, 0.15) is 52.9 Å². The number of rotatable bonds is 2. The molecule has 102 valence electrons. The molecule has 1 unspecified atom stereocenters. The van der Waals surface area contributed by atoms with Gasteiger partial charge in [-0.05, 0) is 37.5 Å². The zero-order valence-corrected chi connectivity index (χ0v) is 12.1. The van der Waals surface area contributed by atoms with Gasteiger partial charge in [0.05, 0.1) is 13.2 Å². The summed E-state index contributed by atoms with van der Waals surface area (Å²) in [6, 6.07) is 1.37. The van der Waals surface area contributed by atoms with E-state index in [1.165, 1.54) is 32.1 Å². The molecule has 1 saturated carbocycles. The Morgan fingerprint density at radius 2 is 2.00 bits per heavy atom. The quantitative estimate of drug-likeness (QED) is 0.758. The monoisotopic (exact) mass is 249 g/mol. The van der Waals surface area contributed by atoms with Crippen molar-refractivity contribution in [2.45, 2.75) is 65.0 Å². The maximum Gasteiger partial charge on any atom is 0.0545 e. The van der Waals surface area contributed by atoms with Crippen LogP contribution >= 0.6 is 0 Å². The van der Waals surface area contributed by atoms with Crippen LogP contribution in [0, 0.1) is 10.8 Å². The molecule has 3 aliphatic rings. The highest BCUT2D eigenvalue weighted by molar-refractivity contribution is 5.18. The Morgan fingerprint density at radius 1 is 1.28 bits per heavy atom. The Balaban J connectivity index is 1.54. The van der Waals surface area contributed by atoms with E-state index in [-0.39, 0.29) is 0 Å². The second kappa shape index (κ2) is 4.35. The van der Waals surface area contributed by atoms with Gasteiger partial charge in [0.15, 0.2) is 0 Å². The summed E-state index contributed by atoms with van der Waals surface area (Å²) in [4.78, 5) is 0. The fraction of sp³-hybridized carbons (Fsp3) is 0.875. The molecule has 1 aliphatic heterocycles. The lowest BCUT2D eigenvalue weighted by atomic mass is 9.64. The van der Waals surface area contributed by atoms with Crippen LogP contribution in [0.3, 0.4) is 0 Å². The number of nitrogens with one attached hydrogen (secondary N) is 1. The largest absolute Gasteiger partial charge is 0.380 e. The van der Waals surface area contributed by atoms with Crippen molar-refractivity contribution in [3.63, 3.8) is 0 Å². The fourth-order valence-corrected chi connectivity index (χ4v) is 3.71. The lowest BCUT2D eigenvalue weighted by Crippen LogP contribution is -2.60. The summed E-state index contributed by atoms with van der Waals surface area (Å²) in [5.74, 6) is 0. The molecule has 2 nitrogen and oxygen atoms in total. The first kappa shape index (κ1) is 12.7. The van der Waals surface area contributed by atoms with Crippen LogP contribution in [-0.4, -0.2) is 25.3 Å². The van der Waals surface area contributed by atoms with Crippen LogP contribution in [-0.2, 0) is 4.74 Å². The van der Waals surface area contributed by atoms with Crippen molar-refractivity contribution in [2.75, 3.05) is 13.2 Å². The second-order valence-corrected chi connectivity index (χ2v) is 7.71. The second-order valence-electron chi connectivity index (χ2n) is 7.71. The smallest absolute Gasteiger partial charge is 0.0545 e. The third-order valence-corrected chi connectivity index (χ3v) is 4.95. The SMILES string of the molecule is CC(C)(C)C1=CC(NC2CC3(COC3)C2)CCC1. The number of hydrogen-bond donors (Lipinski definition) is 1. The first-order valence-corrected chi connectivity index (χ1v) is 7.52. The van der Waals surface area contributed by atoms with Crippen molar-refractivity contribution in [2.24, 2.45) is 10.8 Å². The number of ether oxygens (including phenoxy) is 1. The van der Waals surface area contributed by atoms with Gasteiger partial charge >= 0.3 is 0 Å². The highest BCUT2D eigenvalue weighted by Crippen LogP contribution is 2.47. The lowest BCUT2D eigenvalue weighted by molar-refractivity contribution is -0.168. The van der Waals surface area contributed by atoms with Crippen LogP contribution < -0.4 is 5.32 Å². The molecule has 0 amide bonds. The van der Waals surface area contributed by atoms with E-state index in [0.29, 0.717) is 16.9 Å². The van der Waals surface area contributed by atoms with E-state index in [4.69, 9.17) is 4.74 Å². The summed E-state index contributed by atoms with van der Waals surface area (Å²) in [5, 5.41) is 3.85. The minimum Gasteiger partial charge on any atom is -0.380 e. The average Bonchev–Trinajstić information content (AvgIpc) is 2.19. The first-order chi connectivity index (χ1) is 8.47. The topological polar surface area (TPSA) is 21.3 Å². The maximum atomic E-state index is 5.34. The van der Waals surface area contributed by atoms with E-state index in [0.717, 1.165) is 19.3 Å². The number of hydrogen-bond acceptors (Lipinski definition) is 2. The van der Waals surface area contributed by atoms with Gasteiger partial charge in [0, 0.05) is 17.5 Å². The molecule has 1 saturated heterocycles. The zero-order chi connectivity index (χ0) is 12.8. The van der Waals surface area contributed by atoms with E-state index in [1.54, 1.807) is 5.57 Å². The molecule has 0 bridgehead atoms. The molecule has 3 rings (SSSR count). The van der Waals surface area contributed by atoms with Gasteiger partial charge in [0.1, 0.15) is 0 Å².